The molecule has 3 rings (SSSR count). The van der Waals surface area contributed by atoms with Crippen molar-refractivity contribution in [2.75, 3.05) is 25.2 Å². The number of rotatable bonds is 2. The van der Waals surface area contributed by atoms with Gasteiger partial charge in [0.2, 0.25) is 3.79 Å². The number of carbonyl (C=O) groups is 2. The number of methoxy groups -OCH3 is 1. The lowest BCUT2D eigenvalue weighted by Crippen LogP contribution is -2.51. The van der Waals surface area contributed by atoms with E-state index < -0.39 is 28.8 Å². The molecule has 2 heterocycles. The lowest BCUT2D eigenvalue weighted by atomic mass is 10.1. The topological polar surface area (TPSA) is 79.3 Å². The summed E-state index contributed by atoms with van der Waals surface area (Å²) >= 11 is 16.9. The summed E-state index contributed by atoms with van der Waals surface area (Å²) in [5, 5.41) is 10.8. The van der Waals surface area contributed by atoms with Gasteiger partial charge in [0.05, 0.1) is 24.4 Å². The van der Waals surface area contributed by atoms with Crippen molar-refractivity contribution in [3.8, 4) is 5.75 Å². The number of ether oxygens (including phenoxy) is 2. The fraction of sp³-hybridized carbons (Fsp3) is 0.500. The number of anilines is 1. The van der Waals surface area contributed by atoms with Crippen LogP contribution in [0.25, 0.3) is 0 Å². The van der Waals surface area contributed by atoms with Crippen LogP contribution in [0.2, 0.25) is 0 Å². The van der Waals surface area contributed by atoms with Crippen LogP contribution in [-0.4, -0.2) is 58.3 Å². The minimum Gasteiger partial charge on any atom is -0.497 e. The Hall–Kier alpha value is -1.41. The molecule has 2 aliphatic rings. The number of amides is 2. The van der Waals surface area contributed by atoms with Crippen LogP contribution in [0.15, 0.2) is 18.2 Å². The van der Waals surface area contributed by atoms with Crippen molar-refractivity contribution in [3.05, 3.63) is 23.8 Å². The van der Waals surface area contributed by atoms with E-state index in [0.29, 0.717) is 18.7 Å². The van der Waals surface area contributed by atoms with Crippen molar-refractivity contribution >= 4 is 52.5 Å². The maximum absolute atomic E-state index is 12.9. The Morgan fingerprint density at radius 2 is 2.12 bits per heavy atom. The first-order valence-electron chi connectivity index (χ1n) is 7.93. The maximum Gasteiger partial charge on any atom is 0.416 e. The van der Waals surface area contributed by atoms with Crippen LogP contribution in [0.4, 0.5) is 10.5 Å². The van der Waals surface area contributed by atoms with Gasteiger partial charge in [0.1, 0.15) is 12.4 Å². The lowest BCUT2D eigenvalue weighted by Gasteiger charge is -2.31. The van der Waals surface area contributed by atoms with Crippen molar-refractivity contribution in [3.63, 3.8) is 0 Å². The van der Waals surface area contributed by atoms with Gasteiger partial charge in [-0.1, -0.05) is 34.8 Å². The molecule has 10 heteroatoms. The molecule has 0 aromatic heterocycles. The molecule has 0 aliphatic carbocycles. The molecule has 1 aromatic rings. The number of hydrogen-bond donors (Lipinski definition) is 1. The first-order valence-corrected chi connectivity index (χ1v) is 9.06. The van der Waals surface area contributed by atoms with Gasteiger partial charge in [0.25, 0.3) is 5.91 Å². The molecule has 2 aliphatic heterocycles. The smallest absolute Gasteiger partial charge is 0.416 e. The van der Waals surface area contributed by atoms with E-state index in [9.17, 15) is 14.7 Å². The second-order valence-corrected chi connectivity index (χ2v) is 8.56. The van der Waals surface area contributed by atoms with Crippen LogP contribution in [0.3, 0.4) is 0 Å². The standard InChI is InChI=1S/C16H17Cl3N2O5/c1-25-9-4-5-11-10(7-9)13(22)20-6-2-3-12(20)14(23)21(11)15(24)26-8-16(17,18)19/h4-5,7,12,14,23H,2-3,6,8H2,1H3/t12-,14-/m0/s1. The normalized spacial score (nSPS) is 22.6. The van der Waals surface area contributed by atoms with Gasteiger partial charge in [-0.25, -0.2) is 9.69 Å². The molecular formula is C16H17Cl3N2O5. The summed E-state index contributed by atoms with van der Waals surface area (Å²) in [7, 11) is 1.48. The van der Waals surface area contributed by atoms with E-state index in [2.05, 4.69) is 0 Å². The van der Waals surface area contributed by atoms with Crippen LogP contribution in [0.1, 0.15) is 23.2 Å². The largest absolute Gasteiger partial charge is 0.497 e. The molecule has 0 saturated carbocycles. The Balaban J connectivity index is 2.03. The predicted octanol–water partition coefficient (Wildman–Crippen LogP) is 2.95. The van der Waals surface area contributed by atoms with E-state index in [1.54, 1.807) is 11.0 Å². The van der Waals surface area contributed by atoms with Crippen molar-refractivity contribution in [1.82, 2.24) is 4.90 Å². The predicted molar refractivity (Wildman–Crippen MR) is 97.2 cm³/mol. The third kappa shape index (κ3) is 3.67. The molecule has 7 nitrogen and oxygen atoms in total. The molecular weight excluding hydrogens is 407 g/mol. The van der Waals surface area contributed by atoms with Crippen LogP contribution < -0.4 is 9.64 Å². The van der Waals surface area contributed by atoms with Gasteiger partial charge in [-0.3, -0.25) is 4.79 Å². The highest BCUT2D eigenvalue weighted by atomic mass is 35.6. The second-order valence-electron chi connectivity index (χ2n) is 6.04. The van der Waals surface area contributed by atoms with Crippen molar-refractivity contribution in [1.29, 1.82) is 0 Å². The van der Waals surface area contributed by atoms with E-state index in [1.807, 2.05) is 0 Å². The van der Waals surface area contributed by atoms with E-state index in [1.165, 1.54) is 19.2 Å². The second kappa shape index (κ2) is 7.31. The number of fused-ring (bicyclic) bond motifs is 2. The minimum absolute atomic E-state index is 0.215. The zero-order valence-electron chi connectivity index (χ0n) is 13.8. The van der Waals surface area contributed by atoms with E-state index in [0.717, 1.165) is 11.3 Å². The zero-order chi connectivity index (χ0) is 19.1. The SMILES string of the molecule is COc1ccc2c(c1)C(=O)N1CCC[C@H]1[C@H](O)N2C(=O)OCC(Cl)(Cl)Cl. The fourth-order valence-electron chi connectivity index (χ4n) is 3.27. The third-order valence-electron chi connectivity index (χ3n) is 4.42. The van der Waals surface area contributed by atoms with Crippen LogP contribution in [0, 0.1) is 0 Å². The molecule has 1 N–H and O–H groups in total. The average molecular weight is 424 g/mol. The quantitative estimate of drug-likeness (QED) is 0.740. The van der Waals surface area contributed by atoms with Crippen molar-refractivity contribution in [2.24, 2.45) is 0 Å². The number of hydrogen-bond acceptors (Lipinski definition) is 5. The number of benzene rings is 1. The van der Waals surface area contributed by atoms with Crippen molar-refractivity contribution < 1.29 is 24.2 Å². The number of aliphatic hydroxyl groups is 1. The molecule has 26 heavy (non-hydrogen) atoms. The van der Waals surface area contributed by atoms with Gasteiger partial charge < -0.3 is 19.5 Å². The summed E-state index contributed by atoms with van der Waals surface area (Å²) in [4.78, 5) is 28.1. The van der Waals surface area contributed by atoms with Crippen LogP contribution in [0.5, 0.6) is 5.75 Å². The molecule has 0 unspecified atom stereocenters. The van der Waals surface area contributed by atoms with E-state index in [4.69, 9.17) is 44.3 Å². The van der Waals surface area contributed by atoms with Gasteiger partial charge in [-0.05, 0) is 31.0 Å². The Labute approximate surface area is 165 Å². The molecule has 1 aromatic carbocycles. The highest BCUT2D eigenvalue weighted by Gasteiger charge is 2.45. The molecule has 2 atom stereocenters. The Morgan fingerprint density at radius 3 is 2.77 bits per heavy atom. The van der Waals surface area contributed by atoms with Gasteiger partial charge in [-0.2, -0.15) is 0 Å². The average Bonchev–Trinajstić information content (AvgIpc) is 3.06. The first kappa shape index (κ1) is 19.4. The van der Waals surface area contributed by atoms with Gasteiger partial charge in [0.15, 0.2) is 6.23 Å². The maximum atomic E-state index is 12.9. The molecule has 2 amide bonds. The fourth-order valence-corrected chi connectivity index (χ4v) is 3.43. The lowest BCUT2D eigenvalue weighted by molar-refractivity contribution is 0.0491. The zero-order valence-corrected chi connectivity index (χ0v) is 16.1. The van der Waals surface area contributed by atoms with E-state index >= 15 is 0 Å². The van der Waals surface area contributed by atoms with Gasteiger partial charge >= 0.3 is 6.09 Å². The number of aliphatic hydroxyl groups excluding tert-OH is 1. The molecule has 0 bridgehead atoms. The van der Waals surface area contributed by atoms with Gasteiger partial charge in [0, 0.05) is 6.54 Å². The number of carbonyl (C=O) groups excluding carboxylic acids is 2. The Bertz CT molecular complexity index is 724. The summed E-state index contributed by atoms with van der Waals surface area (Å²) in [5.74, 6) is 0.177. The minimum atomic E-state index is -1.79. The summed E-state index contributed by atoms with van der Waals surface area (Å²) in [5.41, 5.74) is 0.450. The monoisotopic (exact) mass is 422 g/mol. The Morgan fingerprint density at radius 1 is 1.38 bits per heavy atom. The summed E-state index contributed by atoms with van der Waals surface area (Å²) < 4.78 is 8.43. The first-order chi connectivity index (χ1) is 12.2. The molecule has 1 fully saturated rings. The Kier molecular flexibility index (Phi) is 5.44. The van der Waals surface area contributed by atoms with Crippen LogP contribution in [-0.2, 0) is 4.74 Å². The number of nitrogens with zero attached hydrogens (tertiary/aromatic N) is 2. The molecule has 0 spiro atoms. The summed E-state index contributed by atoms with van der Waals surface area (Å²) in [6, 6.07) is 4.10. The third-order valence-corrected chi connectivity index (χ3v) is 4.75. The number of alkyl halides is 3. The van der Waals surface area contributed by atoms with Crippen molar-refractivity contribution in [2.45, 2.75) is 28.9 Å². The molecule has 0 radical (unpaired) electrons. The highest BCUT2D eigenvalue weighted by Crippen LogP contribution is 2.37. The van der Waals surface area contributed by atoms with E-state index in [-0.39, 0.29) is 17.2 Å². The molecule has 1 saturated heterocycles. The van der Waals surface area contributed by atoms with Crippen LogP contribution >= 0.6 is 34.8 Å². The molecule has 142 valence electrons. The summed E-state index contributed by atoms with van der Waals surface area (Å²) in [6.45, 7) is 0.00177. The highest BCUT2D eigenvalue weighted by molar-refractivity contribution is 6.67. The number of halogens is 3. The van der Waals surface area contributed by atoms with Gasteiger partial charge in [-0.15, -0.1) is 0 Å². The summed E-state index contributed by atoms with van der Waals surface area (Å²) in [6.07, 6.45) is -0.897.